The van der Waals surface area contributed by atoms with Crippen LogP contribution in [0.2, 0.25) is 0 Å². The third-order valence-corrected chi connectivity index (χ3v) is 7.64. The maximum atomic E-state index is 2.50. The van der Waals surface area contributed by atoms with Gasteiger partial charge in [0.05, 0.1) is 0 Å². The Balaban J connectivity index is 1.10. The van der Waals surface area contributed by atoms with Crippen LogP contribution in [0.3, 0.4) is 0 Å². The lowest BCUT2D eigenvalue weighted by Gasteiger charge is -2.30. The first kappa shape index (κ1) is 20.3. The Morgan fingerprint density at radius 2 is 1.21 bits per heavy atom. The van der Waals surface area contributed by atoms with Crippen molar-refractivity contribution in [3.63, 3.8) is 0 Å². The minimum absolute atomic E-state index is 0.655. The van der Waals surface area contributed by atoms with Gasteiger partial charge in [0, 0.05) is 18.8 Å². The van der Waals surface area contributed by atoms with Gasteiger partial charge in [-0.15, -0.1) is 0 Å². The van der Waals surface area contributed by atoms with E-state index in [2.05, 4.69) is 102 Å². The van der Waals surface area contributed by atoms with Crippen LogP contribution in [-0.4, -0.2) is 6.54 Å². The van der Waals surface area contributed by atoms with Crippen LogP contribution in [0, 0.1) is 0 Å². The van der Waals surface area contributed by atoms with E-state index in [9.17, 15) is 0 Å². The summed E-state index contributed by atoms with van der Waals surface area (Å²) in [6.45, 7) is 2.12. The SMILES string of the molecule is c1ccc2c(c1)CCC(c1ccc(Cc3ccc(N4CCc5ccccc5C4)cc3)cc1)C2. The number of hydrogen-bond acceptors (Lipinski definition) is 1. The van der Waals surface area contributed by atoms with Crippen LogP contribution in [0.25, 0.3) is 0 Å². The van der Waals surface area contributed by atoms with Crippen molar-refractivity contribution >= 4 is 5.69 Å². The molecule has 6 rings (SSSR count). The molecule has 0 saturated heterocycles. The molecule has 0 spiro atoms. The van der Waals surface area contributed by atoms with Crippen LogP contribution < -0.4 is 4.90 Å². The Labute approximate surface area is 197 Å². The average Bonchev–Trinajstić information content (AvgIpc) is 2.89. The molecular weight excluding hydrogens is 398 g/mol. The van der Waals surface area contributed by atoms with E-state index in [-0.39, 0.29) is 0 Å². The molecule has 0 amide bonds. The molecule has 33 heavy (non-hydrogen) atoms. The van der Waals surface area contributed by atoms with Crippen molar-refractivity contribution in [2.24, 2.45) is 0 Å². The summed E-state index contributed by atoms with van der Waals surface area (Å²) >= 11 is 0. The van der Waals surface area contributed by atoms with E-state index in [0.29, 0.717) is 5.92 Å². The average molecular weight is 430 g/mol. The number of anilines is 1. The van der Waals surface area contributed by atoms with Gasteiger partial charge in [-0.3, -0.25) is 0 Å². The van der Waals surface area contributed by atoms with Crippen LogP contribution in [0.5, 0.6) is 0 Å². The van der Waals surface area contributed by atoms with E-state index in [1.807, 2.05) is 0 Å². The highest BCUT2D eigenvalue weighted by Gasteiger charge is 2.20. The zero-order valence-electron chi connectivity index (χ0n) is 19.2. The summed E-state index contributed by atoms with van der Waals surface area (Å²) in [5, 5.41) is 0. The molecule has 1 aliphatic heterocycles. The molecular formula is C32H31N. The van der Waals surface area contributed by atoms with Gasteiger partial charge in [-0.1, -0.05) is 84.9 Å². The lowest BCUT2D eigenvalue weighted by atomic mass is 9.80. The Morgan fingerprint density at radius 1 is 0.606 bits per heavy atom. The maximum absolute atomic E-state index is 2.50. The third-order valence-electron chi connectivity index (χ3n) is 7.64. The second kappa shape index (κ2) is 8.90. The molecule has 1 heteroatoms. The van der Waals surface area contributed by atoms with Gasteiger partial charge < -0.3 is 4.90 Å². The van der Waals surface area contributed by atoms with Crippen LogP contribution in [0.1, 0.15) is 51.3 Å². The Morgan fingerprint density at radius 3 is 1.94 bits per heavy atom. The molecule has 1 nitrogen and oxygen atoms in total. The number of nitrogens with zero attached hydrogens (tertiary/aromatic N) is 1. The summed E-state index contributed by atoms with van der Waals surface area (Å²) in [5.41, 5.74) is 11.7. The zero-order chi connectivity index (χ0) is 22.0. The van der Waals surface area contributed by atoms with E-state index < -0.39 is 0 Å². The van der Waals surface area contributed by atoms with Crippen LogP contribution in [0.15, 0.2) is 97.1 Å². The molecule has 1 unspecified atom stereocenters. The molecule has 4 aromatic rings. The van der Waals surface area contributed by atoms with Gasteiger partial charge in [-0.05, 0) is 89.1 Å². The highest BCUT2D eigenvalue weighted by atomic mass is 15.1. The molecule has 2 aliphatic rings. The molecule has 0 N–H and O–H groups in total. The summed E-state index contributed by atoms with van der Waals surface area (Å²) in [6.07, 6.45) is 5.78. The van der Waals surface area contributed by atoms with E-state index in [4.69, 9.17) is 0 Å². The first-order chi connectivity index (χ1) is 16.3. The molecule has 1 aliphatic carbocycles. The first-order valence-corrected chi connectivity index (χ1v) is 12.4. The van der Waals surface area contributed by atoms with Crippen molar-refractivity contribution in [3.05, 3.63) is 136 Å². The molecule has 0 bridgehead atoms. The molecule has 164 valence electrons. The van der Waals surface area contributed by atoms with Crippen LogP contribution in [0.4, 0.5) is 5.69 Å². The molecule has 0 aromatic heterocycles. The van der Waals surface area contributed by atoms with E-state index >= 15 is 0 Å². The normalized spacial score (nSPS) is 17.3. The van der Waals surface area contributed by atoms with Crippen LogP contribution >= 0.6 is 0 Å². The predicted molar refractivity (Wildman–Crippen MR) is 138 cm³/mol. The largest absolute Gasteiger partial charge is 0.367 e. The molecule has 4 aromatic carbocycles. The summed E-state index contributed by atoms with van der Waals surface area (Å²) in [5.74, 6) is 0.655. The number of aryl methyl sites for hydroxylation is 1. The maximum Gasteiger partial charge on any atom is 0.0432 e. The Hall–Kier alpha value is -3.32. The van der Waals surface area contributed by atoms with Gasteiger partial charge in [0.1, 0.15) is 0 Å². The lowest BCUT2D eigenvalue weighted by Crippen LogP contribution is -2.30. The highest BCUT2D eigenvalue weighted by Crippen LogP contribution is 2.33. The van der Waals surface area contributed by atoms with Crippen molar-refractivity contribution in [2.75, 3.05) is 11.4 Å². The van der Waals surface area contributed by atoms with Crippen molar-refractivity contribution in [1.82, 2.24) is 0 Å². The second-order valence-corrected chi connectivity index (χ2v) is 9.73. The van der Waals surface area contributed by atoms with Crippen LogP contribution in [-0.2, 0) is 32.2 Å². The molecule has 1 atom stereocenters. The summed E-state index contributed by atoms with van der Waals surface area (Å²) in [7, 11) is 0. The van der Waals surface area contributed by atoms with Gasteiger partial charge in [-0.2, -0.15) is 0 Å². The van der Waals surface area contributed by atoms with E-state index in [1.165, 1.54) is 58.3 Å². The molecule has 0 saturated carbocycles. The molecule has 0 fully saturated rings. The fraction of sp³-hybridized carbons (Fsp3) is 0.250. The fourth-order valence-corrected chi connectivity index (χ4v) is 5.67. The summed E-state index contributed by atoms with van der Waals surface area (Å²) in [6, 6.07) is 36.4. The summed E-state index contributed by atoms with van der Waals surface area (Å²) in [4.78, 5) is 2.50. The monoisotopic (exact) mass is 429 g/mol. The second-order valence-electron chi connectivity index (χ2n) is 9.73. The highest BCUT2D eigenvalue weighted by molar-refractivity contribution is 5.51. The van der Waals surface area contributed by atoms with Gasteiger partial charge in [-0.25, -0.2) is 0 Å². The predicted octanol–water partition coefficient (Wildman–Crippen LogP) is 7.11. The number of hydrogen-bond donors (Lipinski definition) is 0. The van der Waals surface area contributed by atoms with Crippen molar-refractivity contribution < 1.29 is 0 Å². The number of fused-ring (bicyclic) bond motifs is 2. The summed E-state index contributed by atoms with van der Waals surface area (Å²) < 4.78 is 0. The Kier molecular flexibility index (Phi) is 5.48. The molecule has 0 radical (unpaired) electrons. The van der Waals surface area contributed by atoms with E-state index in [0.717, 1.165) is 25.9 Å². The molecule has 1 heterocycles. The minimum Gasteiger partial charge on any atom is -0.367 e. The van der Waals surface area contributed by atoms with E-state index in [1.54, 1.807) is 5.56 Å². The quantitative estimate of drug-likeness (QED) is 0.334. The smallest absolute Gasteiger partial charge is 0.0432 e. The van der Waals surface area contributed by atoms with Crippen molar-refractivity contribution in [3.8, 4) is 0 Å². The lowest BCUT2D eigenvalue weighted by molar-refractivity contribution is 0.585. The van der Waals surface area contributed by atoms with Crippen molar-refractivity contribution in [2.45, 2.75) is 44.6 Å². The minimum atomic E-state index is 0.655. The topological polar surface area (TPSA) is 3.24 Å². The first-order valence-electron chi connectivity index (χ1n) is 12.4. The number of benzene rings is 4. The van der Waals surface area contributed by atoms with Crippen molar-refractivity contribution in [1.29, 1.82) is 0 Å². The third kappa shape index (κ3) is 4.33. The van der Waals surface area contributed by atoms with Gasteiger partial charge in [0.2, 0.25) is 0 Å². The fourth-order valence-electron chi connectivity index (χ4n) is 5.67. The van der Waals surface area contributed by atoms with Gasteiger partial charge >= 0.3 is 0 Å². The Bertz CT molecular complexity index is 1140. The standard InChI is InChI=1S/C32H31N/c1-3-7-29-22-30(16-15-26(29)5-1)28-13-9-24(10-14-28)21-25-11-17-32(18-12-25)33-20-19-27-6-2-4-8-31(27)23-33/h1-14,17-18,30H,15-16,19-23H2. The zero-order valence-corrected chi connectivity index (χ0v) is 19.2. The number of rotatable bonds is 4. The van der Waals surface area contributed by atoms with Gasteiger partial charge in [0.25, 0.3) is 0 Å². The van der Waals surface area contributed by atoms with Gasteiger partial charge in [0.15, 0.2) is 0 Å².